The van der Waals surface area contributed by atoms with Gasteiger partial charge < -0.3 is 19.5 Å². The van der Waals surface area contributed by atoms with Crippen LogP contribution in [0.1, 0.15) is 10.4 Å². The number of carbonyl (C=O) groups excluding carboxylic acids is 1. The van der Waals surface area contributed by atoms with Gasteiger partial charge in [-0.1, -0.05) is 11.8 Å². The van der Waals surface area contributed by atoms with Gasteiger partial charge in [0.1, 0.15) is 13.2 Å². The first-order valence-electron chi connectivity index (χ1n) is 6.15. The zero-order valence-corrected chi connectivity index (χ0v) is 12.5. The predicted molar refractivity (Wildman–Crippen MR) is 77.5 cm³/mol. The number of likely N-dealkylation sites (N-methyl/N-ethyl adjacent to an activating group) is 1. The molecule has 0 bridgehead atoms. The van der Waals surface area contributed by atoms with Crippen LogP contribution in [0.3, 0.4) is 0 Å². The van der Waals surface area contributed by atoms with Gasteiger partial charge >= 0.3 is 0 Å². The largest absolute Gasteiger partial charge is 0.384 e. The molecule has 0 spiro atoms. The number of amides is 1. The third-order valence-electron chi connectivity index (χ3n) is 2.45. The molecule has 0 aliphatic carbocycles. The van der Waals surface area contributed by atoms with E-state index >= 15 is 0 Å². The SMILES string of the molecule is COCCOCC(=O)N(C)Cc1csc(C#CCO)c1. The fourth-order valence-corrected chi connectivity index (χ4v) is 2.20. The van der Waals surface area contributed by atoms with Crippen LogP contribution in [-0.4, -0.2) is 56.5 Å². The second-order valence-corrected chi connectivity index (χ2v) is 4.99. The zero-order valence-electron chi connectivity index (χ0n) is 11.7. The second kappa shape index (κ2) is 9.50. The van der Waals surface area contributed by atoms with E-state index in [9.17, 15) is 4.79 Å². The molecule has 0 aliphatic rings. The van der Waals surface area contributed by atoms with E-state index in [1.54, 1.807) is 19.1 Å². The third-order valence-corrected chi connectivity index (χ3v) is 3.34. The molecule has 0 radical (unpaired) electrons. The maximum atomic E-state index is 11.8. The highest BCUT2D eigenvalue weighted by Gasteiger charge is 2.10. The minimum absolute atomic E-state index is 0.0567. The monoisotopic (exact) mass is 297 g/mol. The van der Waals surface area contributed by atoms with E-state index in [2.05, 4.69) is 11.8 Å². The van der Waals surface area contributed by atoms with Crippen molar-refractivity contribution in [1.82, 2.24) is 4.90 Å². The number of rotatable bonds is 7. The summed E-state index contributed by atoms with van der Waals surface area (Å²) < 4.78 is 10.0. The summed E-state index contributed by atoms with van der Waals surface area (Å²) >= 11 is 1.50. The Bertz CT molecular complexity index is 475. The van der Waals surface area contributed by atoms with Crippen molar-refractivity contribution >= 4 is 17.2 Å². The topological polar surface area (TPSA) is 59.0 Å². The molecule has 1 heterocycles. The van der Waals surface area contributed by atoms with Gasteiger partial charge in [0.05, 0.1) is 18.1 Å². The quantitative estimate of drug-likeness (QED) is 0.595. The van der Waals surface area contributed by atoms with E-state index < -0.39 is 0 Å². The highest BCUT2D eigenvalue weighted by atomic mass is 32.1. The normalized spacial score (nSPS) is 9.95. The maximum absolute atomic E-state index is 11.8. The van der Waals surface area contributed by atoms with Crippen molar-refractivity contribution in [2.45, 2.75) is 6.54 Å². The molecule has 0 atom stereocenters. The number of aliphatic hydroxyl groups is 1. The standard InChI is InChI=1S/C14H19NO4S/c1-15(14(17)10-19-7-6-18-2)9-12-8-13(20-11-12)4-3-5-16/h8,11,16H,5-7,9-10H2,1-2H3. The zero-order chi connectivity index (χ0) is 14.8. The molecule has 5 nitrogen and oxygen atoms in total. The van der Waals surface area contributed by atoms with Crippen LogP contribution < -0.4 is 0 Å². The Morgan fingerprint density at radius 3 is 3.00 bits per heavy atom. The third kappa shape index (κ3) is 6.17. The first kappa shape index (κ1) is 16.7. The van der Waals surface area contributed by atoms with Gasteiger partial charge in [0.2, 0.25) is 5.91 Å². The minimum atomic E-state index is -0.148. The van der Waals surface area contributed by atoms with Crippen molar-refractivity contribution in [1.29, 1.82) is 0 Å². The van der Waals surface area contributed by atoms with Crippen molar-refractivity contribution in [3.8, 4) is 11.8 Å². The molecule has 1 aromatic heterocycles. The lowest BCUT2D eigenvalue weighted by molar-refractivity contribution is -0.135. The number of ether oxygens (including phenoxy) is 2. The lowest BCUT2D eigenvalue weighted by atomic mass is 10.3. The number of aliphatic hydroxyl groups excluding tert-OH is 1. The summed E-state index contributed by atoms with van der Waals surface area (Å²) in [5.74, 6) is 5.37. The fraction of sp³-hybridized carbons (Fsp3) is 0.500. The van der Waals surface area contributed by atoms with Crippen LogP contribution in [0.2, 0.25) is 0 Å². The van der Waals surface area contributed by atoms with E-state index in [4.69, 9.17) is 14.6 Å². The van der Waals surface area contributed by atoms with Gasteiger partial charge in [-0.15, -0.1) is 11.3 Å². The molecule has 0 aromatic carbocycles. The van der Waals surface area contributed by atoms with E-state index in [1.807, 2.05) is 11.4 Å². The fourth-order valence-electron chi connectivity index (χ4n) is 1.42. The lowest BCUT2D eigenvalue weighted by Crippen LogP contribution is -2.30. The van der Waals surface area contributed by atoms with Gasteiger partial charge in [0.25, 0.3) is 0 Å². The Hall–Kier alpha value is -1.39. The molecule has 6 heteroatoms. The van der Waals surface area contributed by atoms with Crippen LogP contribution in [0.4, 0.5) is 0 Å². The van der Waals surface area contributed by atoms with Crippen LogP contribution in [-0.2, 0) is 20.8 Å². The number of hydrogen-bond acceptors (Lipinski definition) is 5. The molecular formula is C14H19NO4S. The first-order valence-corrected chi connectivity index (χ1v) is 7.03. The Morgan fingerprint density at radius 1 is 1.50 bits per heavy atom. The molecule has 0 aliphatic heterocycles. The maximum Gasteiger partial charge on any atom is 0.248 e. The van der Waals surface area contributed by atoms with E-state index in [0.717, 1.165) is 10.4 Å². The molecular weight excluding hydrogens is 278 g/mol. The predicted octanol–water partition coefficient (Wildman–Crippen LogP) is 0.713. The van der Waals surface area contributed by atoms with Crippen LogP contribution >= 0.6 is 11.3 Å². The van der Waals surface area contributed by atoms with Crippen LogP contribution in [0.15, 0.2) is 11.4 Å². The number of carbonyl (C=O) groups is 1. The van der Waals surface area contributed by atoms with Crippen molar-refractivity contribution in [3.05, 3.63) is 21.9 Å². The summed E-state index contributed by atoms with van der Waals surface area (Å²) in [6.07, 6.45) is 0. The highest BCUT2D eigenvalue weighted by Crippen LogP contribution is 2.15. The average molecular weight is 297 g/mol. The molecule has 1 N–H and O–H groups in total. The van der Waals surface area contributed by atoms with Crippen LogP contribution in [0, 0.1) is 11.8 Å². The summed E-state index contributed by atoms with van der Waals surface area (Å²) in [4.78, 5) is 14.3. The number of thiophene rings is 1. The van der Waals surface area contributed by atoms with Gasteiger partial charge in [-0.2, -0.15) is 0 Å². The minimum Gasteiger partial charge on any atom is -0.384 e. The molecule has 110 valence electrons. The second-order valence-electron chi connectivity index (χ2n) is 4.07. The van der Waals surface area contributed by atoms with Gasteiger partial charge in [-0.05, 0) is 17.0 Å². The number of nitrogens with zero attached hydrogens (tertiary/aromatic N) is 1. The summed E-state index contributed by atoms with van der Waals surface area (Å²) in [6, 6.07) is 1.92. The summed E-state index contributed by atoms with van der Waals surface area (Å²) in [5, 5.41) is 10.6. The molecule has 0 fully saturated rings. The molecule has 0 unspecified atom stereocenters. The van der Waals surface area contributed by atoms with Crippen molar-refractivity contribution < 1.29 is 19.4 Å². The first-order chi connectivity index (χ1) is 9.67. The average Bonchev–Trinajstić information content (AvgIpc) is 2.88. The molecule has 0 saturated carbocycles. The van der Waals surface area contributed by atoms with Gasteiger partial charge in [0.15, 0.2) is 0 Å². The van der Waals surface area contributed by atoms with E-state index in [1.165, 1.54) is 11.3 Å². The van der Waals surface area contributed by atoms with Gasteiger partial charge in [-0.3, -0.25) is 4.79 Å². The Morgan fingerprint density at radius 2 is 2.30 bits per heavy atom. The van der Waals surface area contributed by atoms with E-state index in [0.29, 0.717) is 19.8 Å². The lowest BCUT2D eigenvalue weighted by Gasteiger charge is -2.16. The van der Waals surface area contributed by atoms with Crippen LogP contribution in [0.25, 0.3) is 0 Å². The van der Waals surface area contributed by atoms with Crippen molar-refractivity contribution in [3.63, 3.8) is 0 Å². The molecule has 1 aromatic rings. The summed E-state index contributed by atoms with van der Waals surface area (Å²) in [5.41, 5.74) is 1.02. The van der Waals surface area contributed by atoms with E-state index in [-0.39, 0.29) is 19.1 Å². The van der Waals surface area contributed by atoms with Crippen LogP contribution in [0.5, 0.6) is 0 Å². The highest BCUT2D eigenvalue weighted by molar-refractivity contribution is 7.10. The van der Waals surface area contributed by atoms with Crippen molar-refractivity contribution in [2.24, 2.45) is 0 Å². The molecule has 1 amide bonds. The Balaban J connectivity index is 2.39. The van der Waals surface area contributed by atoms with Gasteiger partial charge in [0, 0.05) is 20.7 Å². The Kier molecular flexibility index (Phi) is 7.92. The molecule has 1 rings (SSSR count). The Labute approximate surface area is 123 Å². The molecule has 20 heavy (non-hydrogen) atoms. The van der Waals surface area contributed by atoms with Gasteiger partial charge in [-0.25, -0.2) is 0 Å². The summed E-state index contributed by atoms with van der Waals surface area (Å²) in [7, 11) is 3.32. The molecule has 0 saturated heterocycles. The number of hydrogen-bond donors (Lipinski definition) is 1. The summed E-state index contributed by atoms with van der Waals surface area (Å²) in [6.45, 7) is 1.32. The smallest absolute Gasteiger partial charge is 0.248 e. The number of methoxy groups -OCH3 is 1. The van der Waals surface area contributed by atoms with Crippen molar-refractivity contribution in [2.75, 3.05) is 40.6 Å².